The molecule has 5 nitrogen and oxygen atoms in total. The zero-order chi connectivity index (χ0) is 19.9. The summed E-state index contributed by atoms with van der Waals surface area (Å²) < 4.78 is 0. The number of hydrogen-bond acceptors (Lipinski definition) is 3. The molecule has 0 N–H and O–H groups in total. The van der Waals surface area contributed by atoms with Crippen LogP contribution in [0.25, 0.3) is 0 Å². The Labute approximate surface area is 169 Å². The van der Waals surface area contributed by atoms with Crippen molar-refractivity contribution in [3.63, 3.8) is 0 Å². The van der Waals surface area contributed by atoms with E-state index in [0.717, 1.165) is 30.6 Å². The average Bonchev–Trinajstić information content (AvgIpc) is 2.77. The van der Waals surface area contributed by atoms with Gasteiger partial charge in [-0.15, -0.1) is 0 Å². The smallest absolute Gasteiger partial charge is 0.253 e. The van der Waals surface area contributed by atoms with Crippen LogP contribution >= 0.6 is 0 Å². The van der Waals surface area contributed by atoms with Crippen molar-refractivity contribution >= 4 is 17.5 Å². The summed E-state index contributed by atoms with van der Waals surface area (Å²) in [6.45, 7) is 5.82. The molecule has 0 unspecified atom stereocenters. The first kappa shape index (κ1) is 20.7. The molecular formula is C23H35N3O2. The second-order valence-electron chi connectivity index (χ2n) is 8.27. The van der Waals surface area contributed by atoms with Gasteiger partial charge in [0.1, 0.15) is 0 Å². The highest BCUT2D eigenvalue weighted by molar-refractivity contribution is 5.94. The predicted molar refractivity (Wildman–Crippen MR) is 114 cm³/mol. The van der Waals surface area contributed by atoms with E-state index >= 15 is 0 Å². The Kier molecular flexibility index (Phi) is 7.35. The van der Waals surface area contributed by atoms with E-state index in [1.54, 1.807) is 0 Å². The standard InChI is InChI=1S/C23H35N3O2/c1-3-4-14-24(2)21-12-10-20(11-13-21)23(28)26-17-15-25(16-18-26)22(27)19-8-6-5-7-9-19/h10-13,19H,3-9,14-18H2,1-2H3. The van der Waals surface area contributed by atoms with Crippen LogP contribution in [-0.4, -0.2) is 61.4 Å². The number of rotatable bonds is 6. The first-order chi connectivity index (χ1) is 13.6. The molecule has 0 radical (unpaired) electrons. The summed E-state index contributed by atoms with van der Waals surface area (Å²) in [7, 11) is 2.09. The summed E-state index contributed by atoms with van der Waals surface area (Å²) in [6, 6.07) is 7.93. The average molecular weight is 386 g/mol. The van der Waals surface area contributed by atoms with E-state index in [1.807, 2.05) is 34.1 Å². The van der Waals surface area contributed by atoms with Crippen molar-refractivity contribution in [3.05, 3.63) is 29.8 Å². The third kappa shape index (κ3) is 5.06. The second-order valence-corrected chi connectivity index (χ2v) is 8.27. The SMILES string of the molecule is CCCCN(C)c1ccc(C(=O)N2CCN(C(=O)C3CCCCC3)CC2)cc1. The number of carbonyl (C=O) groups excluding carboxylic acids is 2. The van der Waals surface area contributed by atoms with Gasteiger partial charge in [-0.1, -0.05) is 32.6 Å². The van der Waals surface area contributed by atoms with Gasteiger partial charge in [-0.3, -0.25) is 9.59 Å². The van der Waals surface area contributed by atoms with E-state index in [9.17, 15) is 9.59 Å². The highest BCUT2D eigenvalue weighted by atomic mass is 16.2. The molecule has 2 amide bonds. The van der Waals surface area contributed by atoms with Crippen LogP contribution in [0.15, 0.2) is 24.3 Å². The number of amides is 2. The molecule has 0 bridgehead atoms. The van der Waals surface area contributed by atoms with E-state index in [2.05, 4.69) is 18.9 Å². The van der Waals surface area contributed by atoms with Gasteiger partial charge in [-0.05, 0) is 43.5 Å². The van der Waals surface area contributed by atoms with Gasteiger partial charge in [0.2, 0.25) is 5.91 Å². The normalized spacial score (nSPS) is 18.2. The van der Waals surface area contributed by atoms with E-state index in [-0.39, 0.29) is 11.8 Å². The molecule has 0 atom stereocenters. The van der Waals surface area contributed by atoms with Gasteiger partial charge in [-0.25, -0.2) is 0 Å². The molecule has 1 aromatic carbocycles. The van der Waals surface area contributed by atoms with Crippen molar-refractivity contribution in [3.8, 4) is 0 Å². The van der Waals surface area contributed by atoms with Crippen molar-refractivity contribution in [2.45, 2.75) is 51.9 Å². The summed E-state index contributed by atoms with van der Waals surface area (Å²) in [6.07, 6.45) is 8.04. The lowest BCUT2D eigenvalue weighted by Gasteiger charge is -2.37. The summed E-state index contributed by atoms with van der Waals surface area (Å²) >= 11 is 0. The largest absolute Gasteiger partial charge is 0.375 e. The molecule has 0 aromatic heterocycles. The number of anilines is 1. The molecule has 3 rings (SSSR count). The number of carbonyl (C=O) groups is 2. The van der Waals surface area contributed by atoms with E-state index < -0.39 is 0 Å². The Morgan fingerprint density at radius 2 is 1.57 bits per heavy atom. The topological polar surface area (TPSA) is 43.9 Å². The van der Waals surface area contributed by atoms with E-state index in [4.69, 9.17) is 0 Å². The molecule has 1 saturated heterocycles. The van der Waals surface area contributed by atoms with Gasteiger partial charge in [0.15, 0.2) is 0 Å². The van der Waals surface area contributed by atoms with Gasteiger partial charge >= 0.3 is 0 Å². The van der Waals surface area contributed by atoms with Gasteiger partial charge in [0.05, 0.1) is 0 Å². The van der Waals surface area contributed by atoms with Crippen molar-refractivity contribution in [1.82, 2.24) is 9.80 Å². The maximum atomic E-state index is 12.8. The monoisotopic (exact) mass is 385 g/mol. The summed E-state index contributed by atoms with van der Waals surface area (Å²) in [5.74, 6) is 0.604. The Hall–Kier alpha value is -2.04. The molecule has 28 heavy (non-hydrogen) atoms. The summed E-state index contributed by atoms with van der Waals surface area (Å²) in [5, 5.41) is 0. The van der Waals surface area contributed by atoms with Gasteiger partial charge in [0.25, 0.3) is 5.91 Å². The lowest BCUT2D eigenvalue weighted by atomic mass is 9.88. The summed E-state index contributed by atoms with van der Waals surface area (Å²) in [5.41, 5.74) is 1.88. The Balaban J connectivity index is 1.51. The Morgan fingerprint density at radius 3 is 2.18 bits per heavy atom. The first-order valence-electron chi connectivity index (χ1n) is 11.0. The zero-order valence-corrected chi connectivity index (χ0v) is 17.5. The quantitative estimate of drug-likeness (QED) is 0.748. The van der Waals surface area contributed by atoms with Gasteiger partial charge in [-0.2, -0.15) is 0 Å². The molecule has 1 aromatic rings. The van der Waals surface area contributed by atoms with Crippen LogP contribution in [0.5, 0.6) is 0 Å². The van der Waals surface area contributed by atoms with Gasteiger partial charge in [0, 0.05) is 56.9 Å². The molecule has 1 saturated carbocycles. The minimum Gasteiger partial charge on any atom is -0.375 e. The van der Waals surface area contributed by atoms with Crippen LogP contribution < -0.4 is 4.90 Å². The van der Waals surface area contributed by atoms with Crippen molar-refractivity contribution in [2.75, 3.05) is 44.7 Å². The molecule has 1 aliphatic carbocycles. The van der Waals surface area contributed by atoms with Crippen LogP contribution in [0.1, 0.15) is 62.2 Å². The molecule has 2 fully saturated rings. The molecule has 154 valence electrons. The van der Waals surface area contributed by atoms with Crippen molar-refractivity contribution < 1.29 is 9.59 Å². The number of nitrogens with zero attached hydrogens (tertiary/aromatic N) is 3. The second kappa shape index (κ2) is 9.94. The highest BCUT2D eigenvalue weighted by Gasteiger charge is 2.29. The minimum absolute atomic E-state index is 0.0764. The van der Waals surface area contributed by atoms with E-state index in [1.165, 1.54) is 32.1 Å². The molecule has 5 heteroatoms. The Morgan fingerprint density at radius 1 is 0.964 bits per heavy atom. The highest BCUT2D eigenvalue weighted by Crippen LogP contribution is 2.26. The maximum Gasteiger partial charge on any atom is 0.253 e. The van der Waals surface area contributed by atoms with Crippen molar-refractivity contribution in [2.24, 2.45) is 5.92 Å². The number of unbranched alkanes of at least 4 members (excludes halogenated alkanes) is 1. The third-order valence-electron chi connectivity index (χ3n) is 6.24. The fourth-order valence-corrected chi connectivity index (χ4v) is 4.30. The van der Waals surface area contributed by atoms with Crippen molar-refractivity contribution in [1.29, 1.82) is 0 Å². The predicted octanol–water partition coefficient (Wildman–Crippen LogP) is 3.79. The number of benzene rings is 1. The van der Waals surface area contributed by atoms with Crippen LogP contribution in [0, 0.1) is 5.92 Å². The molecular weight excluding hydrogens is 350 g/mol. The van der Waals surface area contributed by atoms with Crippen LogP contribution in [-0.2, 0) is 4.79 Å². The Bertz CT molecular complexity index is 644. The van der Waals surface area contributed by atoms with Crippen LogP contribution in [0.3, 0.4) is 0 Å². The maximum absolute atomic E-state index is 12.8. The molecule has 2 aliphatic rings. The molecule has 1 heterocycles. The fraction of sp³-hybridized carbons (Fsp3) is 0.652. The number of hydrogen-bond donors (Lipinski definition) is 0. The minimum atomic E-state index is 0.0764. The molecule has 1 aliphatic heterocycles. The summed E-state index contributed by atoms with van der Waals surface area (Å²) in [4.78, 5) is 31.6. The lowest BCUT2D eigenvalue weighted by molar-refractivity contribution is -0.138. The fourth-order valence-electron chi connectivity index (χ4n) is 4.30. The molecule has 0 spiro atoms. The third-order valence-corrected chi connectivity index (χ3v) is 6.24. The van der Waals surface area contributed by atoms with Crippen LogP contribution in [0.2, 0.25) is 0 Å². The lowest BCUT2D eigenvalue weighted by Crippen LogP contribution is -2.52. The van der Waals surface area contributed by atoms with Crippen LogP contribution in [0.4, 0.5) is 5.69 Å². The number of piperazine rings is 1. The van der Waals surface area contributed by atoms with Gasteiger partial charge < -0.3 is 14.7 Å². The van der Waals surface area contributed by atoms with E-state index in [0.29, 0.717) is 32.1 Å². The zero-order valence-electron chi connectivity index (χ0n) is 17.5. The first-order valence-corrected chi connectivity index (χ1v) is 11.0.